The van der Waals surface area contributed by atoms with Gasteiger partial charge < -0.3 is 5.32 Å². The molecular weight excluding hydrogens is 342 g/mol. The van der Waals surface area contributed by atoms with E-state index in [0.717, 1.165) is 32.7 Å². The molecule has 5 nitrogen and oxygen atoms in total. The van der Waals surface area contributed by atoms with E-state index in [9.17, 15) is 0 Å². The Morgan fingerprint density at radius 1 is 1.00 bits per heavy atom. The average Bonchev–Trinajstić information content (AvgIpc) is 2.97. The van der Waals surface area contributed by atoms with Gasteiger partial charge in [0.1, 0.15) is 5.82 Å². The third-order valence-corrected chi connectivity index (χ3v) is 4.12. The minimum Gasteiger partial charge on any atom is -0.363 e. The standard InChI is InChI=1S/C16H12BrN5/c17-12-5-3-4-11-7-8-13(19-16(11)12)18-10-15-21-20-14-6-1-2-9-22(14)15/h1-9H,10H2,(H,18,19). The Bertz CT molecular complexity index is 963. The van der Waals surface area contributed by atoms with E-state index in [-0.39, 0.29) is 0 Å². The summed E-state index contributed by atoms with van der Waals surface area (Å²) in [6, 6.07) is 15.9. The molecule has 0 saturated heterocycles. The van der Waals surface area contributed by atoms with Gasteiger partial charge in [-0.25, -0.2) is 4.98 Å². The number of fused-ring (bicyclic) bond motifs is 2. The highest BCUT2D eigenvalue weighted by molar-refractivity contribution is 9.10. The Morgan fingerprint density at radius 2 is 1.95 bits per heavy atom. The van der Waals surface area contributed by atoms with Gasteiger partial charge in [-0.2, -0.15) is 0 Å². The van der Waals surface area contributed by atoms with Gasteiger partial charge in [0.2, 0.25) is 0 Å². The predicted octanol–water partition coefficient (Wildman–Crippen LogP) is 3.65. The van der Waals surface area contributed by atoms with Gasteiger partial charge in [0.05, 0.1) is 12.1 Å². The first-order chi connectivity index (χ1) is 10.8. The van der Waals surface area contributed by atoms with Crippen LogP contribution in [0.1, 0.15) is 5.82 Å². The van der Waals surface area contributed by atoms with Crippen molar-refractivity contribution in [1.82, 2.24) is 19.6 Å². The van der Waals surface area contributed by atoms with Gasteiger partial charge in [-0.05, 0) is 46.3 Å². The number of para-hydroxylation sites is 1. The number of anilines is 1. The Hall–Kier alpha value is -2.47. The third kappa shape index (κ3) is 2.31. The Labute approximate surface area is 135 Å². The van der Waals surface area contributed by atoms with Gasteiger partial charge in [0.25, 0.3) is 0 Å². The zero-order chi connectivity index (χ0) is 14.9. The SMILES string of the molecule is Brc1cccc2ccc(NCc3nnc4ccccn34)nc12. The maximum atomic E-state index is 4.64. The highest BCUT2D eigenvalue weighted by atomic mass is 79.9. The lowest BCUT2D eigenvalue weighted by molar-refractivity contribution is 0.913. The van der Waals surface area contributed by atoms with Crippen molar-refractivity contribution >= 4 is 38.3 Å². The van der Waals surface area contributed by atoms with E-state index in [0.29, 0.717) is 6.54 Å². The van der Waals surface area contributed by atoms with E-state index in [1.54, 1.807) is 0 Å². The van der Waals surface area contributed by atoms with Crippen LogP contribution in [0.2, 0.25) is 0 Å². The first-order valence-electron chi connectivity index (χ1n) is 6.89. The molecule has 0 unspecified atom stereocenters. The molecular formula is C16H12BrN5. The molecule has 4 rings (SSSR count). The van der Waals surface area contributed by atoms with Crippen molar-refractivity contribution in [3.05, 3.63) is 65.0 Å². The minimum absolute atomic E-state index is 0.564. The molecule has 6 heteroatoms. The van der Waals surface area contributed by atoms with Crippen LogP contribution in [0.15, 0.2) is 59.2 Å². The van der Waals surface area contributed by atoms with Gasteiger partial charge in [-0.1, -0.05) is 18.2 Å². The summed E-state index contributed by atoms with van der Waals surface area (Å²) in [5.74, 6) is 1.66. The molecule has 3 aromatic heterocycles. The first kappa shape index (κ1) is 13.2. The second kappa shape index (κ2) is 5.38. The maximum absolute atomic E-state index is 4.64. The fourth-order valence-electron chi connectivity index (χ4n) is 2.39. The summed E-state index contributed by atoms with van der Waals surface area (Å²) in [7, 11) is 0. The lowest BCUT2D eigenvalue weighted by atomic mass is 10.2. The molecule has 22 heavy (non-hydrogen) atoms. The Kier molecular flexibility index (Phi) is 3.23. The summed E-state index contributed by atoms with van der Waals surface area (Å²) >= 11 is 3.54. The molecule has 0 amide bonds. The van der Waals surface area contributed by atoms with Crippen LogP contribution in [0.5, 0.6) is 0 Å². The molecule has 4 aromatic rings. The molecule has 0 aliphatic heterocycles. The van der Waals surface area contributed by atoms with Crippen LogP contribution >= 0.6 is 15.9 Å². The van der Waals surface area contributed by atoms with Crippen LogP contribution in [0.25, 0.3) is 16.6 Å². The third-order valence-electron chi connectivity index (χ3n) is 3.48. The van der Waals surface area contributed by atoms with Gasteiger partial charge >= 0.3 is 0 Å². The number of hydrogen-bond donors (Lipinski definition) is 1. The van der Waals surface area contributed by atoms with Crippen LogP contribution in [0.3, 0.4) is 0 Å². The van der Waals surface area contributed by atoms with Crippen LogP contribution in [-0.2, 0) is 6.54 Å². The van der Waals surface area contributed by atoms with Gasteiger partial charge in [-0.3, -0.25) is 4.40 Å². The summed E-state index contributed by atoms with van der Waals surface area (Å²) in [6.07, 6.45) is 1.96. The van der Waals surface area contributed by atoms with E-state index in [1.807, 2.05) is 53.1 Å². The van der Waals surface area contributed by atoms with Crippen LogP contribution in [-0.4, -0.2) is 19.6 Å². The largest absolute Gasteiger partial charge is 0.363 e. The smallest absolute Gasteiger partial charge is 0.160 e. The summed E-state index contributed by atoms with van der Waals surface area (Å²) in [5, 5.41) is 12.8. The molecule has 0 radical (unpaired) electrons. The van der Waals surface area contributed by atoms with Crippen molar-refractivity contribution in [3.63, 3.8) is 0 Å². The molecule has 0 fully saturated rings. The molecule has 0 saturated carbocycles. The molecule has 0 atom stereocenters. The number of nitrogens with zero attached hydrogens (tertiary/aromatic N) is 4. The number of halogens is 1. The second-order valence-electron chi connectivity index (χ2n) is 4.91. The number of hydrogen-bond acceptors (Lipinski definition) is 4. The molecule has 0 spiro atoms. The lowest BCUT2D eigenvalue weighted by Gasteiger charge is -2.06. The highest BCUT2D eigenvalue weighted by Crippen LogP contribution is 2.23. The fourth-order valence-corrected chi connectivity index (χ4v) is 2.86. The minimum atomic E-state index is 0.564. The van der Waals surface area contributed by atoms with Gasteiger partial charge in [-0.15, -0.1) is 10.2 Å². The summed E-state index contributed by atoms with van der Waals surface area (Å²) in [4.78, 5) is 4.64. The van der Waals surface area contributed by atoms with Crippen LogP contribution in [0, 0.1) is 0 Å². The zero-order valence-corrected chi connectivity index (χ0v) is 13.2. The molecule has 1 aromatic carbocycles. The van der Waals surface area contributed by atoms with Crippen molar-refractivity contribution in [2.45, 2.75) is 6.54 Å². The van der Waals surface area contributed by atoms with E-state index in [2.05, 4.69) is 42.5 Å². The Morgan fingerprint density at radius 3 is 2.91 bits per heavy atom. The fraction of sp³-hybridized carbons (Fsp3) is 0.0625. The quantitative estimate of drug-likeness (QED) is 0.610. The normalized spacial score (nSPS) is 11.1. The zero-order valence-electron chi connectivity index (χ0n) is 11.6. The highest BCUT2D eigenvalue weighted by Gasteiger charge is 2.06. The molecule has 0 bridgehead atoms. The van der Waals surface area contributed by atoms with E-state index in [1.165, 1.54) is 0 Å². The molecule has 108 valence electrons. The lowest BCUT2D eigenvalue weighted by Crippen LogP contribution is -2.05. The number of aromatic nitrogens is 4. The van der Waals surface area contributed by atoms with Gasteiger partial charge in [0.15, 0.2) is 11.5 Å². The van der Waals surface area contributed by atoms with Crippen molar-refractivity contribution in [3.8, 4) is 0 Å². The maximum Gasteiger partial charge on any atom is 0.160 e. The summed E-state index contributed by atoms with van der Waals surface area (Å²) in [5.41, 5.74) is 1.78. The van der Waals surface area contributed by atoms with Crippen LogP contribution in [0.4, 0.5) is 5.82 Å². The van der Waals surface area contributed by atoms with E-state index in [4.69, 9.17) is 0 Å². The monoisotopic (exact) mass is 353 g/mol. The molecule has 1 N–H and O–H groups in total. The summed E-state index contributed by atoms with van der Waals surface area (Å²) in [6.45, 7) is 0.564. The van der Waals surface area contributed by atoms with Crippen molar-refractivity contribution < 1.29 is 0 Å². The number of pyridine rings is 2. The van der Waals surface area contributed by atoms with Gasteiger partial charge in [0, 0.05) is 16.1 Å². The van der Waals surface area contributed by atoms with Crippen molar-refractivity contribution in [2.75, 3.05) is 5.32 Å². The Balaban J connectivity index is 1.62. The summed E-state index contributed by atoms with van der Waals surface area (Å²) < 4.78 is 2.95. The number of rotatable bonds is 3. The van der Waals surface area contributed by atoms with Crippen LogP contribution < -0.4 is 5.32 Å². The number of benzene rings is 1. The predicted molar refractivity (Wildman–Crippen MR) is 89.8 cm³/mol. The number of nitrogens with one attached hydrogen (secondary N) is 1. The van der Waals surface area contributed by atoms with E-state index >= 15 is 0 Å². The van der Waals surface area contributed by atoms with Crippen molar-refractivity contribution in [2.24, 2.45) is 0 Å². The molecule has 0 aliphatic carbocycles. The molecule has 3 heterocycles. The van der Waals surface area contributed by atoms with E-state index < -0.39 is 0 Å². The first-order valence-corrected chi connectivity index (χ1v) is 7.68. The topological polar surface area (TPSA) is 55.1 Å². The second-order valence-corrected chi connectivity index (χ2v) is 5.76. The van der Waals surface area contributed by atoms with Crippen molar-refractivity contribution in [1.29, 1.82) is 0 Å². The average molecular weight is 354 g/mol. The molecule has 0 aliphatic rings.